The van der Waals surface area contributed by atoms with E-state index in [1.807, 2.05) is 6.07 Å². The molecule has 2 aromatic rings. The van der Waals surface area contributed by atoms with Crippen LogP contribution in [0.15, 0.2) is 6.33 Å². The molecule has 1 saturated heterocycles. The molecule has 126 valence electrons. The summed E-state index contributed by atoms with van der Waals surface area (Å²) in [7, 11) is 3.03. The average Bonchev–Trinajstić information content (AvgIpc) is 3.14. The molecule has 4 unspecified atom stereocenters. The molecular weight excluding hydrogens is 314 g/mol. The Morgan fingerprint density at radius 1 is 1.33 bits per heavy atom. The van der Waals surface area contributed by atoms with Crippen LogP contribution in [-0.2, 0) is 19.0 Å². The summed E-state index contributed by atoms with van der Waals surface area (Å²) in [5.41, 5.74) is 1.60. The molecule has 0 bridgehead atoms. The van der Waals surface area contributed by atoms with Crippen LogP contribution in [0.1, 0.15) is 24.7 Å². The molecule has 4 atom stereocenters. The van der Waals surface area contributed by atoms with E-state index >= 15 is 0 Å². The lowest BCUT2D eigenvalue weighted by atomic mass is 10.1. The minimum absolute atomic E-state index is 0.0418. The van der Waals surface area contributed by atoms with Crippen molar-refractivity contribution in [2.45, 2.75) is 38.4 Å². The van der Waals surface area contributed by atoms with Gasteiger partial charge in [0.25, 0.3) is 0 Å². The Labute approximate surface area is 138 Å². The van der Waals surface area contributed by atoms with E-state index in [0.29, 0.717) is 16.9 Å². The minimum Gasteiger partial charge on any atom is -0.375 e. The summed E-state index contributed by atoms with van der Waals surface area (Å²) in [5, 5.41) is 9.08. The van der Waals surface area contributed by atoms with E-state index in [1.165, 1.54) is 21.1 Å². The second-order valence-corrected chi connectivity index (χ2v) is 5.53. The number of ketones is 1. The second-order valence-electron chi connectivity index (χ2n) is 5.53. The first-order valence-electron chi connectivity index (χ1n) is 7.34. The third kappa shape index (κ3) is 2.45. The second kappa shape index (κ2) is 6.24. The van der Waals surface area contributed by atoms with Crippen molar-refractivity contribution in [2.75, 3.05) is 14.2 Å². The molecule has 2 aromatic heterocycles. The largest absolute Gasteiger partial charge is 0.375 e. The number of hydrogen-bond acceptors (Lipinski definition) is 8. The SMILES string of the molecule is COC1C(C(C)=O)OC(n2cnc3c(C)nc(C#N)nc32)C1OC. The van der Waals surface area contributed by atoms with E-state index in [0.717, 1.165) is 0 Å². The Bertz CT molecular complexity index is 827. The number of nitriles is 1. The van der Waals surface area contributed by atoms with Gasteiger partial charge >= 0.3 is 0 Å². The van der Waals surface area contributed by atoms with Gasteiger partial charge in [0.1, 0.15) is 29.9 Å². The fourth-order valence-corrected chi connectivity index (χ4v) is 2.99. The van der Waals surface area contributed by atoms with E-state index in [-0.39, 0.29) is 11.6 Å². The normalized spacial score (nSPS) is 26.6. The number of carbonyl (C=O) groups is 1. The number of imidazole rings is 1. The quantitative estimate of drug-likeness (QED) is 0.797. The van der Waals surface area contributed by atoms with Gasteiger partial charge in [0.05, 0.1) is 12.0 Å². The molecule has 0 saturated carbocycles. The predicted octanol–water partition coefficient (Wildman–Crippen LogP) is 0.523. The van der Waals surface area contributed by atoms with Crippen molar-refractivity contribution in [2.24, 2.45) is 0 Å². The van der Waals surface area contributed by atoms with Crippen LogP contribution in [0, 0.1) is 18.3 Å². The van der Waals surface area contributed by atoms with Crippen LogP contribution in [0.4, 0.5) is 0 Å². The van der Waals surface area contributed by atoms with Crippen LogP contribution in [0.2, 0.25) is 0 Å². The summed E-state index contributed by atoms with van der Waals surface area (Å²) in [6.45, 7) is 3.19. The van der Waals surface area contributed by atoms with Crippen molar-refractivity contribution in [1.82, 2.24) is 19.5 Å². The fourth-order valence-electron chi connectivity index (χ4n) is 2.99. The van der Waals surface area contributed by atoms with Crippen LogP contribution in [0.25, 0.3) is 11.2 Å². The third-order valence-corrected chi connectivity index (χ3v) is 4.10. The third-order valence-electron chi connectivity index (χ3n) is 4.10. The first-order valence-corrected chi connectivity index (χ1v) is 7.34. The number of Topliss-reactive ketones (excluding diaryl/α,β-unsaturated/α-hetero) is 1. The maximum absolute atomic E-state index is 11.9. The Morgan fingerprint density at radius 3 is 2.62 bits per heavy atom. The van der Waals surface area contributed by atoms with E-state index in [9.17, 15) is 4.79 Å². The molecule has 0 aromatic carbocycles. The standard InChI is InChI=1S/C15H17N5O4/c1-7-10-14(19-9(5-16)18-7)20(6-17-10)15-13(23-4)12(22-3)11(24-15)8(2)21/h6,11-13,15H,1-4H3. The number of methoxy groups -OCH3 is 2. The molecule has 0 N–H and O–H groups in total. The smallest absolute Gasteiger partial charge is 0.234 e. The molecule has 24 heavy (non-hydrogen) atoms. The number of fused-ring (bicyclic) bond motifs is 1. The average molecular weight is 331 g/mol. The molecule has 3 rings (SSSR count). The summed E-state index contributed by atoms with van der Waals surface area (Å²) >= 11 is 0. The van der Waals surface area contributed by atoms with Crippen molar-refractivity contribution in [1.29, 1.82) is 5.26 Å². The van der Waals surface area contributed by atoms with Gasteiger partial charge in [-0.2, -0.15) is 10.2 Å². The Hall–Kier alpha value is -2.41. The summed E-state index contributed by atoms with van der Waals surface area (Å²) in [4.78, 5) is 24.4. The predicted molar refractivity (Wildman–Crippen MR) is 81.0 cm³/mol. The maximum atomic E-state index is 11.9. The molecule has 0 radical (unpaired) electrons. The Balaban J connectivity index is 2.11. The van der Waals surface area contributed by atoms with Crippen molar-refractivity contribution in [3.63, 3.8) is 0 Å². The van der Waals surface area contributed by atoms with Gasteiger partial charge in [-0.1, -0.05) is 0 Å². The van der Waals surface area contributed by atoms with Gasteiger partial charge < -0.3 is 14.2 Å². The highest BCUT2D eigenvalue weighted by Crippen LogP contribution is 2.35. The van der Waals surface area contributed by atoms with Gasteiger partial charge in [0.15, 0.2) is 17.7 Å². The number of rotatable bonds is 4. The molecule has 1 aliphatic heterocycles. The molecule has 1 aliphatic rings. The summed E-state index contributed by atoms with van der Waals surface area (Å²) in [6.07, 6.45) is -0.935. The number of ether oxygens (including phenoxy) is 3. The van der Waals surface area contributed by atoms with Crippen molar-refractivity contribution >= 4 is 16.9 Å². The van der Waals surface area contributed by atoms with E-state index in [4.69, 9.17) is 19.5 Å². The summed E-state index contributed by atoms with van der Waals surface area (Å²) in [5.74, 6) is -0.112. The van der Waals surface area contributed by atoms with Crippen LogP contribution in [0.3, 0.4) is 0 Å². The fraction of sp³-hybridized carbons (Fsp3) is 0.533. The topological polar surface area (TPSA) is 112 Å². The molecule has 0 amide bonds. The van der Waals surface area contributed by atoms with Crippen LogP contribution >= 0.6 is 0 Å². The van der Waals surface area contributed by atoms with E-state index in [1.54, 1.807) is 17.8 Å². The summed E-state index contributed by atoms with van der Waals surface area (Å²) < 4.78 is 18.4. The van der Waals surface area contributed by atoms with Gasteiger partial charge in [0, 0.05) is 14.2 Å². The van der Waals surface area contributed by atoms with E-state index < -0.39 is 24.5 Å². The lowest BCUT2D eigenvalue weighted by Gasteiger charge is -2.21. The van der Waals surface area contributed by atoms with Gasteiger partial charge in [-0.25, -0.2) is 9.97 Å². The zero-order chi connectivity index (χ0) is 17.4. The molecule has 9 heteroatoms. The molecule has 1 fully saturated rings. The van der Waals surface area contributed by atoms with Gasteiger partial charge in [-0.3, -0.25) is 9.36 Å². The van der Waals surface area contributed by atoms with Crippen LogP contribution in [0.5, 0.6) is 0 Å². The zero-order valence-electron chi connectivity index (χ0n) is 13.8. The lowest BCUT2D eigenvalue weighted by molar-refractivity contribution is -0.134. The van der Waals surface area contributed by atoms with Gasteiger partial charge in [-0.15, -0.1) is 0 Å². The lowest BCUT2D eigenvalue weighted by Crippen LogP contribution is -2.37. The number of hydrogen-bond donors (Lipinski definition) is 0. The highest BCUT2D eigenvalue weighted by atomic mass is 16.6. The van der Waals surface area contributed by atoms with Gasteiger partial charge in [0.2, 0.25) is 5.82 Å². The van der Waals surface area contributed by atoms with E-state index in [2.05, 4.69) is 15.0 Å². The first kappa shape index (κ1) is 16.4. The number of nitrogens with zero attached hydrogens (tertiary/aromatic N) is 5. The molecule has 9 nitrogen and oxygen atoms in total. The monoisotopic (exact) mass is 331 g/mol. The van der Waals surface area contributed by atoms with Crippen molar-refractivity contribution < 1.29 is 19.0 Å². The first-order chi connectivity index (χ1) is 11.5. The number of aryl methyl sites for hydroxylation is 1. The maximum Gasteiger partial charge on any atom is 0.234 e. The molecule has 0 spiro atoms. The van der Waals surface area contributed by atoms with Crippen LogP contribution in [-0.4, -0.2) is 57.8 Å². The van der Waals surface area contributed by atoms with Crippen molar-refractivity contribution in [3.8, 4) is 6.07 Å². The highest BCUT2D eigenvalue weighted by Gasteiger charge is 2.48. The van der Waals surface area contributed by atoms with Gasteiger partial charge in [-0.05, 0) is 13.8 Å². The summed E-state index contributed by atoms with van der Waals surface area (Å²) in [6, 6.07) is 1.93. The highest BCUT2D eigenvalue weighted by molar-refractivity contribution is 5.81. The number of aromatic nitrogens is 4. The Kier molecular flexibility index (Phi) is 4.28. The zero-order valence-corrected chi connectivity index (χ0v) is 13.8. The minimum atomic E-state index is -0.749. The molecular formula is C15H17N5O4. The molecule has 0 aliphatic carbocycles. The van der Waals surface area contributed by atoms with Crippen LogP contribution < -0.4 is 0 Å². The Morgan fingerprint density at radius 2 is 2.04 bits per heavy atom. The molecule has 3 heterocycles. The van der Waals surface area contributed by atoms with Crippen molar-refractivity contribution in [3.05, 3.63) is 17.8 Å². The number of carbonyl (C=O) groups excluding carboxylic acids is 1.